The van der Waals surface area contributed by atoms with E-state index < -0.39 is 41.6 Å². The Morgan fingerprint density at radius 2 is 0.524 bits per heavy atom. The van der Waals surface area contributed by atoms with Crippen molar-refractivity contribution >= 4 is 41.6 Å². The van der Waals surface area contributed by atoms with Crippen molar-refractivity contribution < 1.29 is 69.2 Å². The van der Waals surface area contributed by atoms with Crippen molar-refractivity contribution in [1.82, 2.24) is 0 Å². The van der Waals surface area contributed by atoms with E-state index in [0.29, 0.717) is 0 Å². The van der Waals surface area contributed by atoms with Gasteiger partial charge in [-0.15, -0.1) is 17.3 Å². The smallest absolute Gasteiger partial charge is 0.724 e. The van der Waals surface area contributed by atoms with E-state index in [1.165, 1.54) is 0 Å². The van der Waals surface area contributed by atoms with E-state index in [2.05, 4.69) is 17.3 Å². The maximum Gasteiger partial charge on any atom is 4.00 e. The van der Waals surface area contributed by atoms with Crippen molar-refractivity contribution in [2.45, 2.75) is 0 Å². The molecule has 0 saturated heterocycles. The Kier molecular flexibility index (Phi) is 10.7. The van der Waals surface area contributed by atoms with Gasteiger partial charge in [0.2, 0.25) is 41.6 Å². The van der Waals surface area contributed by atoms with Gasteiger partial charge in [0.15, 0.2) is 0 Å². The minimum Gasteiger partial charge on any atom is -0.724 e. The normalized spacial score (nSPS) is 12.8. The molecule has 0 radical (unpaired) electrons. The Balaban J connectivity index is -0.000000295. The summed E-state index contributed by atoms with van der Waals surface area (Å²) in [5.41, 5.74) is 0. The summed E-state index contributed by atoms with van der Waals surface area (Å²) in [7, 11) is -21.2. The van der Waals surface area contributed by atoms with Gasteiger partial charge in [0.05, 0.1) is 0 Å². The van der Waals surface area contributed by atoms with Gasteiger partial charge >= 0.3 is 7.43 Å². The van der Waals surface area contributed by atoms with Crippen LogP contribution in [0.3, 0.4) is 0 Å². The molecule has 0 aliphatic heterocycles. The molecule has 0 rings (SSSR count). The molecule has 21 heavy (non-hydrogen) atoms. The first-order valence-electron chi connectivity index (χ1n) is 3.00. The molecule has 0 bridgehead atoms. The SMILES string of the molecule is O=S(=O)([O-])OOS(=O)(=O)[O-].O=S(=O)([O-])OOS(=O)(=O)[O-].[C+4]. The first-order valence-corrected chi connectivity index (χ1v) is 8.33. The van der Waals surface area contributed by atoms with Crippen molar-refractivity contribution in [3.63, 3.8) is 0 Å². The van der Waals surface area contributed by atoms with E-state index in [9.17, 15) is 51.9 Å². The van der Waals surface area contributed by atoms with E-state index in [-0.39, 0.29) is 7.43 Å². The fraction of sp³-hybridized carbons (Fsp3) is 0. The minimum atomic E-state index is -5.31. The fourth-order valence-electron chi connectivity index (χ4n) is 0.136. The van der Waals surface area contributed by atoms with Crippen molar-refractivity contribution in [2.75, 3.05) is 0 Å². The summed E-state index contributed by atoms with van der Waals surface area (Å²) >= 11 is 0. The number of rotatable bonds is 6. The predicted molar refractivity (Wildman–Crippen MR) is 46.4 cm³/mol. The Labute approximate surface area is 118 Å². The molecule has 124 valence electrons. The van der Waals surface area contributed by atoms with Crippen molar-refractivity contribution in [2.24, 2.45) is 0 Å². The van der Waals surface area contributed by atoms with Crippen LogP contribution in [0, 0.1) is 7.43 Å². The van der Waals surface area contributed by atoms with Crippen LogP contribution in [0.4, 0.5) is 0 Å². The minimum absolute atomic E-state index is 0. The van der Waals surface area contributed by atoms with Crippen LogP contribution in [0.25, 0.3) is 0 Å². The van der Waals surface area contributed by atoms with Crippen LogP contribution < -0.4 is 0 Å². The van der Waals surface area contributed by atoms with Crippen molar-refractivity contribution in [1.29, 1.82) is 0 Å². The molecule has 0 aromatic carbocycles. The average Bonchev–Trinajstić information content (AvgIpc) is 2.09. The van der Waals surface area contributed by atoms with Crippen LogP contribution in [0.15, 0.2) is 0 Å². The zero-order valence-corrected chi connectivity index (χ0v) is 11.9. The summed E-state index contributed by atoms with van der Waals surface area (Å²) in [6.45, 7) is 0. The third-order valence-corrected chi connectivity index (χ3v) is 1.50. The zero-order valence-electron chi connectivity index (χ0n) is 8.66. The maximum atomic E-state index is 9.37. The average molecular weight is 396 g/mol. The molecular formula is CO16S4. The van der Waals surface area contributed by atoms with Crippen LogP contribution in [0.5, 0.6) is 0 Å². The van der Waals surface area contributed by atoms with Crippen LogP contribution in [-0.2, 0) is 58.9 Å². The molecule has 0 aromatic rings. The van der Waals surface area contributed by atoms with E-state index in [0.717, 1.165) is 0 Å². The van der Waals surface area contributed by atoms with Crippen molar-refractivity contribution in [3.05, 3.63) is 7.43 Å². The predicted octanol–water partition coefficient (Wildman–Crippen LogP) is -4.21. The molecule has 0 unspecified atom stereocenters. The van der Waals surface area contributed by atoms with E-state index in [1.807, 2.05) is 0 Å². The Morgan fingerprint density at radius 1 is 0.429 bits per heavy atom. The van der Waals surface area contributed by atoms with Gasteiger partial charge in [-0.25, -0.2) is 33.7 Å². The fourth-order valence-corrected chi connectivity index (χ4v) is 1.22. The molecule has 20 heteroatoms. The molecular weight excluding hydrogens is 396 g/mol. The topological polar surface area (TPSA) is 266 Å². The van der Waals surface area contributed by atoms with Crippen LogP contribution >= 0.6 is 0 Å². The van der Waals surface area contributed by atoms with Crippen LogP contribution in [-0.4, -0.2) is 51.9 Å². The maximum absolute atomic E-state index is 9.37. The molecule has 0 spiro atoms. The summed E-state index contributed by atoms with van der Waals surface area (Å²) in [6.07, 6.45) is 0. The molecule has 0 fully saturated rings. The Bertz CT molecular complexity index is 556. The number of hydrogen-bond donors (Lipinski definition) is 0. The summed E-state index contributed by atoms with van der Waals surface area (Å²) in [5, 5.41) is 0. The molecule has 0 aliphatic rings. The van der Waals surface area contributed by atoms with Gasteiger partial charge in [-0.1, -0.05) is 0 Å². The first kappa shape index (κ1) is 25.4. The molecule has 0 aliphatic carbocycles. The number of hydrogen-bond acceptors (Lipinski definition) is 16. The monoisotopic (exact) mass is 396 g/mol. The molecule has 0 N–H and O–H groups in total. The first-order chi connectivity index (χ1) is 8.41. The molecule has 16 nitrogen and oxygen atoms in total. The third kappa shape index (κ3) is 32.8. The summed E-state index contributed by atoms with van der Waals surface area (Å²) in [6, 6.07) is 0. The van der Waals surface area contributed by atoms with Gasteiger partial charge in [0.1, 0.15) is 0 Å². The molecule has 0 aromatic heterocycles. The zero-order chi connectivity index (χ0) is 16.8. The Hall–Kier alpha value is -0.520. The standard InChI is InChI=1S/C.2H2O8S2/c;2*1-9(2,3)7-8-10(4,5)6/h;2*(H,1,2,3)(H,4,5,6)/q+4;;/p-4. The van der Waals surface area contributed by atoms with Gasteiger partial charge in [-0.05, 0) is 0 Å². The van der Waals surface area contributed by atoms with Crippen LogP contribution in [0.2, 0.25) is 0 Å². The second kappa shape index (κ2) is 8.81. The quantitative estimate of drug-likeness (QED) is 0.178. The van der Waals surface area contributed by atoms with E-state index in [4.69, 9.17) is 0 Å². The van der Waals surface area contributed by atoms with Gasteiger partial charge < -0.3 is 18.2 Å². The Morgan fingerprint density at radius 3 is 0.571 bits per heavy atom. The second-order valence-corrected chi connectivity index (χ2v) is 5.72. The van der Waals surface area contributed by atoms with Crippen molar-refractivity contribution in [3.8, 4) is 0 Å². The molecule has 0 saturated carbocycles. The summed E-state index contributed by atoms with van der Waals surface area (Å²) in [5.74, 6) is 0. The second-order valence-electron chi connectivity index (χ2n) is 1.91. The van der Waals surface area contributed by atoms with E-state index in [1.54, 1.807) is 0 Å². The molecule has 0 amide bonds. The van der Waals surface area contributed by atoms with Gasteiger partial charge in [0, 0.05) is 0 Å². The summed E-state index contributed by atoms with van der Waals surface area (Å²) in [4.78, 5) is 0. The van der Waals surface area contributed by atoms with Gasteiger partial charge in [-0.2, -0.15) is 0 Å². The third-order valence-electron chi connectivity index (χ3n) is 0.389. The summed E-state index contributed by atoms with van der Waals surface area (Å²) < 4.78 is 123. The van der Waals surface area contributed by atoms with Gasteiger partial charge in [0.25, 0.3) is 0 Å². The molecule has 0 heterocycles. The van der Waals surface area contributed by atoms with Crippen LogP contribution in [0.1, 0.15) is 0 Å². The largest absolute Gasteiger partial charge is 4.00 e. The molecule has 0 atom stereocenters. The van der Waals surface area contributed by atoms with Gasteiger partial charge in [-0.3, -0.25) is 0 Å². The van der Waals surface area contributed by atoms with E-state index >= 15 is 0 Å².